The van der Waals surface area contributed by atoms with Crippen molar-refractivity contribution in [3.63, 3.8) is 0 Å². The average Bonchev–Trinajstić information content (AvgIpc) is 3.06. The fraction of sp³-hybridized carbons (Fsp3) is 0.143. The van der Waals surface area contributed by atoms with Crippen LogP contribution in [0.2, 0.25) is 0 Å². The van der Waals surface area contributed by atoms with E-state index < -0.39 is 6.04 Å². The molecule has 0 saturated carbocycles. The zero-order valence-corrected chi connectivity index (χ0v) is 11.8. The Bertz CT molecular complexity index is 757. The highest BCUT2D eigenvalue weighted by molar-refractivity contribution is 5.92. The molecule has 0 bridgehead atoms. The lowest BCUT2D eigenvalue weighted by atomic mass is 10.2. The van der Waals surface area contributed by atoms with Crippen molar-refractivity contribution in [2.75, 3.05) is 5.32 Å². The summed E-state index contributed by atoms with van der Waals surface area (Å²) < 4.78 is 0. The van der Waals surface area contributed by atoms with Crippen LogP contribution in [0.15, 0.2) is 48.7 Å². The van der Waals surface area contributed by atoms with Crippen LogP contribution in [-0.4, -0.2) is 36.3 Å². The number of hydrogen-bond acceptors (Lipinski definition) is 6. The van der Waals surface area contributed by atoms with Gasteiger partial charge in [-0.05, 0) is 24.3 Å². The number of carbonyl (C=O) groups is 1. The van der Waals surface area contributed by atoms with Crippen LogP contribution in [0.25, 0.3) is 11.4 Å². The maximum absolute atomic E-state index is 12.2. The number of nitrogens with one attached hydrogen (secondary N) is 1. The van der Waals surface area contributed by atoms with Gasteiger partial charge in [-0.1, -0.05) is 30.3 Å². The van der Waals surface area contributed by atoms with Gasteiger partial charge in [-0.15, -0.1) is 15.3 Å². The Morgan fingerprint density at radius 1 is 1.14 bits per heavy atom. The lowest BCUT2D eigenvalue weighted by molar-refractivity contribution is -0.119. The second-order valence-electron chi connectivity index (χ2n) is 4.57. The van der Waals surface area contributed by atoms with Gasteiger partial charge in [0.05, 0.1) is 0 Å². The third kappa shape index (κ3) is 2.95. The summed E-state index contributed by atoms with van der Waals surface area (Å²) in [6.07, 6.45) is 1.53. The second kappa shape index (κ2) is 6.08. The third-order valence-corrected chi connectivity index (χ3v) is 3.01. The Labute approximate surface area is 126 Å². The first-order valence-corrected chi connectivity index (χ1v) is 6.67. The van der Waals surface area contributed by atoms with E-state index in [4.69, 9.17) is 0 Å². The third-order valence-electron chi connectivity index (χ3n) is 3.01. The van der Waals surface area contributed by atoms with E-state index >= 15 is 0 Å². The zero-order valence-electron chi connectivity index (χ0n) is 11.8. The number of tetrazole rings is 1. The van der Waals surface area contributed by atoms with E-state index in [9.17, 15) is 4.79 Å². The molecule has 0 aliphatic carbocycles. The minimum Gasteiger partial charge on any atom is -0.307 e. The molecular weight excluding hydrogens is 282 g/mol. The van der Waals surface area contributed by atoms with Crippen LogP contribution in [0.3, 0.4) is 0 Å². The van der Waals surface area contributed by atoms with Gasteiger partial charge in [0.15, 0.2) is 5.82 Å². The molecule has 1 atom stereocenters. The largest absolute Gasteiger partial charge is 0.307 e. The minimum atomic E-state index is -0.619. The molecule has 0 saturated heterocycles. The molecule has 8 heteroatoms. The second-order valence-corrected chi connectivity index (χ2v) is 4.57. The first-order valence-electron chi connectivity index (χ1n) is 6.67. The van der Waals surface area contributed by atoms with Gasteiger partial charge in [-0.25, -0.2) is 0 Å². The Morgan fingerprint density at radius 3 is 2.68 bits per heavy atom. The highest BCUT2D eigenvalue weighted by Crippen LogP contribution is 2.14. The Kier molecular flexibility index (Phi) is 3.82. The summed E-state index contributed by atoms with van der Waals surface area (Å²) in [5, 5.41) is 22.3. The number of hydrogen-bond donors (Lipinski definition) is 1. The number of benzene rings is 1. The summed E-state index contributed by atoms with van der Waals surface area (Å²) in [6, 6.07) is 12.2. The van der Waals surface area contributed by atoms with Crippen molar-refractivity contribution >= 4 is 11.7 Å². The van der Waals surface area contributed by atoms with Crippen LogP contribution in [-0.2, 0) is 4.79 Å². The first kappa shape index (κ1) is 13.8. The Hall–Kier alpha value is -3.16. The van der Waals surface area contributed by atoms with Gasteiger partial charge in [-0.2, -0.15) is 9.90 Å². The number of amides is 1. The van der Waals surface area contributed by atoms with E-state index in [1.165, 1.54) is 11.0 Å². The average molecular weight is 295 g/mol. The van der Waals surface area contributed by atoms with Crippen molar-refractivity contribution in [3.05, 3.63) is 48.7 Å². The molecule has 22 heavy (non-hydrogen) atoms. The molecule has 2 aromatic heterocycles. The lowest BCUT2D eigenvalue weighted by Gasteiger charge is -2.09. The van der Waals surface area contributed by atoms with Gasteiger partial charge >= 0.3 is 0 Å². The van der Waals surface area contributed by atoms with Crippen molar-refractivity contribution in [1.82, 2.24) is 30.4 Å². The first-order chi connectivity index (χ1) is 10.7. The number of rotatable bonds is 4. The van der Waals surface area contributed by atoms with Gasteiger partial charge in [-0.3, -0.25) is 4.79 Å². The highest BCUT2D eigenvalue weighted by atomic mass is 16.2. The van der Waals surface area contributed by atoms with Crippen LogP contribution < -0.4 is 5.32 Å². The molecular formula is C14H13N7O. The molecule has 0 aliphatic heterocycles. The molecule has 3 aromatic rings. The number of carbonyl (C=O) groups excluding carboxylic acids is 1. The molecule has 0 aliphatic rings. The van der Waals surface area contributed by atoms with Gasteiger partial charge < -0.3 is 5.32 Å². The monoisotopic (exact) mass is 295 g/mol. The van der Waals surface area contributed by atoms with Crippen molar-refractivity contribution in [3.8, 4) is 11.4 Å². The number of nitrogens with zero attached hydrogens (tertiary/aromatic N) is 6. The van der Waals surface area contributed by atoms with Crippen molar-refractivity contribution in [2.24, 2.45) is 0 Å². The summed E-state index contributed by atoms with van der Waals surface area (Å²) in [5.74, 6) is 0.556. The predicted molar refractivity (Wildman–Crippen MR) is 78.6 cm³/mol. The number of aromatic nitrogens is 6. The van der Waals surface area contributed by atoms with Crippen LogP contribution in [0.5, 0.6) is 0 Å². The van der Waals surface area contributed by atoms with Crippen LogP contribution in [0.4, 0.5) is 5.82 Å². The van der Waals surface area contributed by atoms with Crippen LogP contribution in [0, 0.1) is 0 Å². The van der Waals surface area contributed by atoms with E-state index in [1.807, 2.05) is 30.3 Å². The zero-order chi connectivity index (χ0) is 15.4. The van der Waals surface area contributed by atoms with Crippen molar-refractivity contribution in [2.45, 2.75) is 13.0 Å². The normalized spacial score (nSPS) is 11.9. The molecule has 1 N–H and O–H groups in total. The van der Waals surface area contributed by atoms with Gasteiger partial charge in [0.25, 0.3) is 5.91 Å². The number of anilines is 1. The molecule has 0 fully saturated rings. The van der Waals surface area contributed by atoms with Gasteiger partial charge in [0, 0.05) is 11.8 Å². The van der Waals surface area contributed by atoms with E-state index in [2.05, 4.69) is 30.9 Å². The molecule has 2 heterocycles. The Morgan fingerprint density at radius 2 is 1.95 bits per heavy atom. The molecule has 3 rings (SSSR count). The summed E-state index contributed by atoms with van der Waals surface area (Å²) in [4.78, 5) is 13.4. The van der Waals surface area contributed by atoms with Crippen molar-refractivity contribution in [1.29, 1.82) is 0 Å². The fourth-order valence-electron chi connectivity index (χ4n) is 1.80. The summed E-state index contributed by atoms with van der Waals surface area (Å²) in [6.45, 7) is 1.68. The van der Waals surface area contributed by atoms with Gasteiger partial charge in [0.1, 0.15) is 6.04 Å². The molecule has 1 unspecified atom stereocenters. The predicted octanol–water partition coefficient (Wildman–Crippen LogP) is 1.33. The smallest absolute Gasteiger partial charge is 0.252 e. The molecule has 0 spiro atoms. The fourth-order valence-corrected chi connectivity index (χ4v) is 1.80. The van der Waals surface area contributed by atoms with E-state index in [0.717, 1.165) is 5.56 Å². The quantitative estimate of drug-likeness (QED) is 0.779. The van der Waals surface area contributed by atoms with E-state index in [1.54, 1.807) is 19.1 Å². The lowest BCUT2D eigenvalue weighted by Crippen LogP contribution is -2.25. The molecule has 1 aromatic carbocycles. The molecule has 0 radical (unpaired) electrons. The van der Waals surface area contributed by atoms with Crippen molar-refractivity contribution < 1.29 is 4.79 Å². The maximum atomic E-state index is 12.2. The Balaban J connectivity index is 1.74. The maximum Gasteiger partial charge on any atom is 0.252 e. The molecule has 110 valence electrons. The summed E-state index contributed by atoms with van der Waals surface area (Å²) in [7, 11) is 0. The van der Waals surface area contributed by atoms with Crippen LogP contribution in [0.1, 0.15) is 13.0 Å². The summed E-state index contributed by atoms with van der Waals surface area (Å²) >= 11 is 0. The topological polar surface area (TPSA) is 98.5 Å². The van der Waals surface area contributed by atoms with Crippen LogP contribution >= 0.6 is 0 Å². The van der Waals surface area contributed by atoms with E-state index in [0.29, 0.717) is 11.6 Å². The summed E-state index contributed by atoms with van der Waals surface area (Å²) in [5.41, 5.74) is 0.843. The SMILES string of the molecule is CC(C(=O)Nc1cccnn1)n1nnc(-c2ccccc2)n1. The standard InChI is InChI=1S/C14H13N7O/c1-10(14(22)16-12-8-5-9-15-17-12)21-19-13(18-20-21)11-6-3-2-4-7-11/h2-10H,1H3,(H,16,17,22). The minimum absolute atomic E-state index is 0.294. The van der Waals surface area contributed by atoms with E-state index in [-0.39, 0.29) is 5.91 Å². The molecule has 1 amide bonds. The highest BCUT2D eigenvalue weighted by Gasteiger charge is 2.19. The molecule has 8 nitrogen and oxygen atoms in total. The van der Waals surface area contributed by atoms with Gasteiger partial charge in [0.2, 0.25) is 5.82 Å².